The van der Waals surface area contributed by atoms with Gasteiger partial charge in [0.1, 0.15) is 0 Å². The first-order valence-electron chi connectivity index (χ1n) is 9.21. The highest BCUT2D eigenvalue weighted by atomic mass is 32.2. The maximum absolute atomic E-state index is 13.2. The van der Waals surface area contributed by atoms with E-state index in [9.17, 15) is 8.42 Å². The van der Waals surface area contributed by atoms with Gasteiger partial charge >= 0.3 is 0 Å². The van der Waals surface area contributed by atoms with Crippen LogP contribution in [-0.4, -0.2) is 30.8 Å². The van der Waals surface area contributed by atoms with E-state index in [2.05, 4.69) is 23.2 Å². The van der Waals surface area contributed by atoms with Crippen LogP contribution >= 0.6 is 0 Å². The van der Waals surface area contributed by atoms with Crippen molar-refractivity contribution in [1.29, 1.82) is 0 Å². The number of sulfonamides is 1. The van der Waals surface area contributed by atoms with Crippen molar-refractivity contribution in [2.45, 2.75) is 32.1 Å². The molecule has 0 saturated heterocycles. The molecule has 1 aromatic heterocycles. The fraction of sp³-hybridized carbons (Fsp3) is 0.273. The van der Waals surface area contributed by atoms with Gasteiger partial charge in [-0.1, -0.05) is 42.0 Å². The van der Waals surface area contributed by atoms with Crippen LogP contribution in [-0.2, 0) is 10.0 Å². The Morgan fingerprint density at radius 3 is 2.41 bits per heavy atom. The molecule has 0 atom stereocenters. The summed E-state index contributed by atoms with van der Waals surface area (Å²) < 4.78 is 28.1. The summed E-state index contributed by atoms with van der Waals surface area (Å²) >= 11 is 0. The maximum Gasteiger partial charge on any atom is 0.243 e. The zero-order valence-corrected chi connectivity index (χ0v) is 16.7. The van der Waals surface area contributed by atoms with Crippen molar-refractivity contribution in [2.75, 3.05) is 13.1 Å². The molecule has 5 heteroatoms. The van der Waals surface area contributed by atoms with E-state index in [0.29, 0.717) is 24.4 Å². The van der Waals surface area contributed by atoms with Crippen LogP contribution < -0.4 is 0 Å². The normalized spacial score (nSPS) is 15.9. The molecule has 140 valence electrons. The van der Waals surface area contributed by atoms with Crippen LogP contribution in [0.2, 0.25) is 0 Å². The molecule has 0 aliphatic carbocycles. The smallest absolute Gasteiger partial charge is 0.243 e. The standard InChI is InChI=1S/C22H24N2O2S/c1-15-12-16(2)22(17(3)13-15)27(25,26)24-10-8-18(9-11-24)20-14-23-21-7-5-4-6-19(20)21/h4-8,12-14,23H,9-11H2,1-3H3. The van der Waals surface area contributed by atoms with E-state index in [4.69, 9.17) is 0 Å². The number of para-hydroxylation sites is 1. The summed E-state index contributed by atoms with van der Waals surface area (Å²) in [5.74, 6) is 0. The number of hydrogen-bond acceptors (Lipinski definition) is 2. The van der Waals surface area contributed by atoms with Crippen LogP contribution in [0.15, 0.2) is 53.6 Å². The van der Waals surface area contributed by atoms with Gasteiger partial charge in [-0.2, -0.15) is 4.31 Å². The molecule has 4 rings (SSSR count). The van der Waals surface area contributed by atoms with E-state index in [-0.39, 0.29) is 0 Å². The molecule has 0 spiro atoms. The Kier molecular flexibility index (Phi) is 4.44. The van der Waals surface area contributed by atoms with Crippen LogP contribution in [0.4, 0.5) is 0 Å². The van der Waals surface area contributed by atoms with Crippen molar-refractivity contribution in [3.05, 3.63) is 70.9 Å². The highest BCUT2D eigenvalue weighted by Crippen LogP contribution is 2.32. The molecule has 0 fully saturated rings. The van der Waals surface area contributed by atoms with Gasteiger partial charge < -0.3 is 4.98 Å². The number of nitrogens with zero attached hydrogens (tertiary/aromatic N) is 1. The average Bonchev–Trinajstić information content (AvgIpc) is 3.05. The molecule has 1 aliphatic heterocycles. The summed E-state index contributed by atoms with van der Waals surface area (Å²) in [5, 5.41) is 1.19. The molecule has 0 saturated carbocycles. The molecule has 1 aliphatic rings. The molecule has 0 unspecified atom stereocenters. The third-order valence-electron chi connectivity index (χ3n) is 5.31. The van der Waals surface area contributed by atoms with Crippen molar-refractivity contribution >= 4 is 26.5 Å². The third kappa shape index (κ3) is 3.11. The molecule has 0 bridgehead atoms. The van der Waals surface area contributed by atoms with E-state index >= 15 is 0 Å². The Morgan fingerprint density at radius 1 is 1.04 bits per heavy atom. The number of rotatable bonds is 3. The Morgan fingerprint density at radius 2 is 1.74 bits per heavy atom. The second-order valence-corrected chi connectivity index (χ2v) is 9.19. The topological polar surface area (TPSA) is 53.2 Å². The van der Waals surface area contributed by atoms with Crippen molar-refractivity contribution in [3.63, 3.8) is 0 Å². The molecule has 4 nitrogen and oxygen atoms in total. The molecule has 0 radical (unpaired) electrons. The SMILES string of the molecule is Cc1cc(C)c(S(=O)(=O)N2CC=C(c3c[nH]c4ccccc34)CC2)c(C)c1. The number of nitrogens with one attached hydrogen (secondary N) is 1. The van der Waals surface area contributed by atoms with E-state index in [0.717, 1.165) is 22.2 Å². The van der Waals surface area contributed by atoms with Gasteiger partial charge in [0.05, 0.1) is 4.90 Å². The van der Waals surface area contributed by atoms with Crippen molar-refractivity contribution in [1.82, 2.24) is 9.29 Å². The van der Waals surface area contributed by atoms with Crippen molar-refractivity contribution in [2.24, 2.45) is 0 Å². The van der Waals surface area contributed by atoms with E-state index in [1.165, 1.54) is 16.5 Å². The van der Waals surface area contributed by atoms with Crippen LogP contribution in [0.1, 0.15) is 28.7 Å². The minimum atomic E-state index is -3.49. The fourth-order valence-electron chi connectivity index (χ4n) is 4.15. The van der Waals surface area contributed by atoms with Crippen molar-refractivity contribution in [3.8, 4) is 0 Å². The number of aryl methyl sites for hydroxylation is 3. The second-order valence-electron chi connectivity index (χ2n) is 7.32. The minimum absolute atomic E-state index is 0.407. The summed E-state index contributed by atoms with van der Waals surface area (Å²) in [6.45, 7) is 6.66. The van der Waals surface area contributed by atoms with Crippen LogP contribution in [0.3, 0.4) is 0 Å². The largest absolute Gasteiger partial charge is 0.361 e. The lowest BCUT2D eigenvalue weighted by Crippen LogP contribution is -2.35. The van der Waals surface area contributed by atoms with E-state index in [1.807, 2.05) is 51.2 Å². The number of H-pyrrole nitrogens is 1. The Balaban J connectivity index is 1.65. The summed E-state index contributed by atoms with van der Waals surface area (Å²) in [6.07, 6.45) is 4.79. The van der Waals surface area contributed by atoms with Crippen LogP contribution in [0, 0.1) is 20.8 Å². The third-order valence-corrected chi connectivity index (χ3v) is 7.48. The summed E-state index contributed by atoms with van der Waals surface area (Å²) in [4.78, 5) is 3.76. The van der Waals surface area contributed by atoms with Crippen molar-refractivity contribution < 1.29 is 8.42 Å². The zero-order valence-electron chi connectivity index (χ0n) is 15.9. The molecule has 27 heavy (non-hydrogen) atoms. The molecule has 1 N–H and O–H groups in total. The molecule has 3 aromatic rings. The summed E-state index contributed by atoms with van der Waals surface area (Å²) in [5.41, 5.74) is 6.21. The second kappa shape index (κ2) is 6.66. The molecule has 2 heterocycles. The van der Waals surface area contributed by atoms with E-state index in [1.54, 1.807) is 4.31 Å². The lowest BCUT2D eigenvalue weighted by Gasteiger charge is -2.27. The Labute approximate surface area is 160 Å². The predicted molar refractivity (Wildman–Crippen MR) is 110 cm³/mol. The minimum Gasteiger partial charge on any atom is -0.361 e. The summed E-state index contributed by atoms with van der Waals surface area (Å²) in [6, 6.07) is 12.1. The fourth-order valence-corrected chi connectivity index (χ4v) is 5.95. The van der Waals surface area contributed by atoms with E-state index < -0.39 is 10.0 Å². The van der Waals surface area contributed by atoms with Gasteiger partial charge in [-0.25, -0.2) is 8.42 Å². The van der Waals surface area contributed by atoms with Crippen LogP contribution in [0.25, 0.3) is 16.5 Å². The first-order valence-corrected chi connectivity index (χ1v) is 10.7. The number of aromatic nitrogens is 1. The Hall–Kier alpha value is -2.37. The molecular weight excluding hydrogens is 356 g/mol. The van der Waals surface area contributed by atoms with Gasteiger partial charge in [-0.3, -0.25) is 0 Å². The van der Waals surface area contributed by atoms with Gasteiger partial charge in [0.25, 0.3) is 0 Å². The number of benzene rings is 2. The monoisotopic (exact) mass is 380 g/mol. The van der Waals surface area contributed by atoms with Gasteiger partial charge in [0, 0.05) is 35.8 Å². The van der Waals surface area contributed by atoms with Gasteiger partial charge in [-0.15, -0.1) is 0 Å². The number of hydrogen-bond donors (Lipinski definition) is 1. The molecular formula is C22H24N2O2S. The predicted octanol–water partition coefficient (Wildman–Crippen LogP) is 4.57. The zero-order chi connectivity index (χ0) is 19.2. The number of aromatic amines is 1. The van der Waals surface area contributed by atoms with Gasteiger partial charge in [-0.05, 0) is 50.0 Å². The van der Waals surface area contributed by atoms with Crippen LogP contribution in [0.5, 0.6) is 0 Å². The molecule has 2 aromatic carbocycles. The highest BCUT2D eigenvalue weighted by Gasteiger charge is 2.29. The number of fused-ring (bicyclic) bond motifs is 1. The lowest BCUT2D eigenvalue weighted by molar-refractivity contribution is 0.440. The first kappa shape index (κ1) is 18.0. The summed E-state index contributed by atoms with van der Waals surface area (Å²) in [7, 11) is -3.49. The maximum atomic E-state index is 13.2. The lowest BCUT2D eigenvalue weighted by atomic mass is 10.00. The Bertz CT molecular complexity index is 1130. The average molecular weight is 381 g/mol. The first-order chi connectivity index (χ1) is 12.9. The van der Waals surface area contributed by atoms with Gasteiger partial charge in [0.15, 0.2) is 0 Å². The molecule has 0 amide bonds. The highest BCUT2D eigenvalue weighted by molar-refractivity contribution is 7.89. The quantitative estimate of drug-likeness (QED) is 0.723. The van der Waals surface area contributed by atoms with Gasteiger partial charge in [0.2, 0.25) is 10.0 Å².